The van der Waals surface area contributed by atoms with Gasteiger partial charge in [-0.2, -0.15) is 0 Å². The van der Waals surface area contributed by atoms with E-state index in [2.05, 4.69) is 20.6 Å². The van der Waals surface area contributed by atoms with Crippen molar-refractivity contribution in [3.8, 4) is 0 Å². The molecule has 0 aliphatic carbocycles. The number of amides is 1. The van der Waals surface area contributed by atoms with Gasteiger partial charge in [0.2, 0.25) is 5.95 Å². The molecule has 2 aromatic carbocycles. The third-order valence-corrected chi connectivity index (χ3v) is 3.80. The second-order valence-electron chi connectivity index (χ2n) is 6.16. The third kappa shape index (κ3) is 4.36. The summed E-state index contributed by atoms with van der Waals surface area (Å²) >= 11 is 0. The van der Waals surface area contributed by atoms with E-state index in [4.69, 9.17) is 0 Å². The summed E-state index contributed by atoms with van der Waals surface area (Å²) in [6.45, 7) is 1.98. The molecule has 3 rings (SSSR count). The number of rotatable bonds is 5. The molecule has 2 N–H and O–H groups in total. The Hall–Kier alpha value is -3.41. The zero-order chi connectivity index (χ0) is 18.5. The normalized spacial score (nSPS) is 10.3. The highest BCUT2D eigenvalue weighted by atomic mass is 16.1. The Balaban J connectivity index is 1.72. The largest absolute Gasteiger partial charge is 0.378 e. The molecule has 0 aliphatic rings. The quantitative estimate of drug-likeness (QED) is 0.734. The molecular weight excluding hydrogens is 326 g/mol. The molecule has 26 heavy (non-hydrogen) atoms. The smallest absolute Gasteiger partial charge is 0.274 e. The van der Waals surface area contributed by atoms with E-state index in [-0.39, 0.29) is 5.91 Å². The molecule has 0 radical (unpaired) electrons. The summed E-state index contributed by atoms with van der Waals surface area (Å²) in [5.41, 5.74) is 4.07. The molecule has 0 spiro atoms. The van der Waals surface area contributed by atoms with Crippen LogP contribution in [-0.4, -0.2) is 30.0 Å². The molecular formula is C20H21N5O. The van der Waals surface area contributed by atoms with Crippen molar-refractivity contribution < 1.29 is 4.79 Å². The number of aromatic nitrogens is 2. The van der Waals surface area contributed by atoms with Crippen LogP contribution in [0.2, 0.25) is 0 Å². The average molecular weight is 347 g/mol. The van der Waals surface area contributed by atoms with Crippen LogP contribution in [0.15, 0.2) is 60.8 Å². The lowest BCUT2D eigenvalue weighted by Crippen LogP contribution is -2.14. The minimum absolute atomic E-state index is 0.274. The van der Waals surface area contributed by atoms with Crippen LogP contribution in [0.5, 0.6) is 0 Å². The van der Waals surface area contributed by atoms with Gasteiger partial charge in [-0.1, -0.05) is 12.1 Å². The molecule has 0 unspecified atom stereocenters. The van der Waals surface area contributed by atoms with Crippen molar-refractivity contribution in [2.24, 2.45) is 0 Å². The van der Waals surface area contributed by atoms with E-state index in [1.807, 2.05) is 74.4 Å². The average Bonchev–Trinajstić information content (AvgIpc) is 2.62. The van der Waals surface area contributed by atoms with Crippen LogP contribution in [-0.2, 0) is 0 Å². The van der Waals surface area contributed by atoms with Gasteiger partial charge in [0.15, 0.2) is 0 Å². The minimum Gasteiger partial charge on any atom is -0.378 e. The van der Waals surface area contributed by atoms with Crippen LogP contribution in [0.25, 0.3) is 0 Å². The highest BCUT2D eigenvalue weighted by molar-refractivity contribution is 6.03. The van der Waals surface area contributed by atoms with Crippen molar-refractivity contribution in [3.63, 3.8) is 0 Å². The zero-order valence-corrected chi connectivity index (χ0v) is 15.0. The predicted molar refractivity (Wildman–Crippen MR) is 105 cm³/mol. The Morgan fingerprint density at radius 3 is 2.46 bits per heavy atom. The number of aryl methyl sites for hydroxylation is 1. The minimum atomic E-state index is -0.274. The molecule has 3 aromatic rings. The van der Waals surface area contributed by atoms with Crippen LogP contribution >= 0.6 is 0 Å². The molecule has 6 nitrogen and oxygen atoms in total. The van der Waals surface area contributed by atoms with Crippen molar-refractivity contribution in [2.45, 2.75) is 6.92 Å². The molecule has 0 atom stereocenters. The lowest BCUT2D eigenvalue weighted by Gasteiger charge is -2.13. The van der Waals surface area contributed by atoms with Gasteiger partial charge >= 0.3 is 0 Å². The summed E-state index contributed by atoms with van der Waals surface area (Å²) < 4.78 is 0. The number of carbonyl (C=O) groups is 1. The molecule has 1 aromatic heterocycles. The van der Waals surface area contributed by atoms with Crippen molar-refractivity contribution in [1.29, 1.82) is 0 Å². The second-order valence-corrected chi connectivity index (χ2v) is 6.16. The zero-order valence-electron chi connectivity index (χ0n) is 15.0. The van der Waals surface area contributed by atoms with Gasteiger partial charge in [-0.05, 0) is 55.0 Å². The first-order chi connectivity index (χ1) is 12.5. The first kappa shape index (κ1) is 17.4. The van der Waals surface area contributed by atoms with Gasteiger partial charge in [0, 0.05) is 37.4 Å². The van der Waals surface area contributed by atoms with Gasteiger partial charge in [0.05, 0.1) is 0 Å². The van der Waals surface area contributed by atoms with Gasteiger partial charge in [-0.25, -0.2) is 9.97 Å². The Bertz CT molecular complexity index is 906. The highest BCUT2D eigenvalue weighted by Crippen LogP contribution is 2.18. The molecule has 0 aliphatic heterocycles. The Kier molecular flexibility index (Phi) is 5.12. The van der Waals surface area contributed by atoms with Crippen molar-refractivity contribution in [2.75, 3.05) is 29.6 Å². The standard InChI is InChI=1S/C20H21N5O/c1-14-5-4-6-16(13-14)22-19(26)18-11-12-21-20(24-18)23-15-7-9-17(10-8-15)25(2)3/h4-13H,1-3H3,(H,22,26)(H,21,23,24). The molecule has 6 heteroatoms. The van der Waals surface area contributed by atoms with E-state index in [1.54, 1.807) is 12.3 Å². The lowest BCUT2D eigenvalue weighted by atomic mass is 10.2. The highest BCUT2D eigenvalue weighted by Gasteiger charge is 2.09. The van der Waals surface area contributed by atoms with Crippen LogP contribution in [0, 0.1) is 6.92 Å². The molecule has 1 heterocycles. The summed E-state index contributed by atoms with van der Waals surface area (Å²) in [5, 5.41) is 5.97. The summed E-state index contributed by atoms with van der Waals surface area (Å²) in [6, 6.07) is 17.1. The fraction of sp³-hybridized carbons (Fsp3) is 0.150. The van der Waals surface area contributed by atoms with Crippen LogP contribution < -0.4 is 15.5 Å². The van der Waals surface area contributed by atoms with E-state index in [9.17, 15) is 4.79 Å². The Morgan fingerprint density at radius 1 is 1.00 bits per heavy atom. The van der Waals surface area contributed by atoms with Crippen molar-refractivity contribution in [3.05, 3.63) is 72.1 Å². The molecule has 1 amide bonds. The first-order valence-electron chi connectivity index (χ1n) is 8.27. The number of nitrogens with zero attached hydrogens (tertiary/aromatic N) is 3. The number of benzene rings is 2. The number of hydrogen-bond acceptors (Lipinski definition) is 5. The Labute approximate surface area is 152 Å². The van der Waals surface area contributed by atoms with Gasteiger partial charge in [0.1, 0.15) is 5.69 Å². The van der Waals surface area contributed by atoms with Gasteiger partial charge in [-0.15, -0.1) is 0 Å². The number of nitrogens with one attached hydrogen (secondary N) is 2. The summed E-state index contributed by atoms with van der Waals surface area (Å²) in [4.78, 5) is 22.9. The van der Waals surface area contributed by atoms with Gasteiger partial charge in [0.25, 0.3) is 5.91 Å². The number of hydrogen-bond donors (Lipinski definition) is 2. The van der Waals surface area contributed by atoms with E-state index in [1.165, 1.54) is 0 Å². The van der Waals surface area contributed by atoms with Gasteiger partial charge in [-0.3, -0.25) is 4.79 Å². The summed E-state index contributed by atoms with van der Waals surface area (Å²) in [5.74, 6) is 0.100. The maximum absolute atomic E-state index is 12.4. The SMILES string of the molecule is Cc1cccc(NC(=O)c2ccnc(Nc3ccc(N(C)C)cc3)n2)c1. The van der Waals surface area contributed by atoms with Gasteiger partial charge < -0.3 is 15.5 Å². The molecule has 0 saturated carbocycles. The maximum atomic E-state index is 12.4. The van der Waals surface area contributed by atoms with Crippen LogP contribution in [0.1, 0.15) is 16.1 Å². The molecule has 0 saturated heterocycles. The second kappa shape index (κ2) is 7.65. The lowest BCUT2D eigenvalue weighted by molar-refractivity contribution is 0.102. The monoisotopic (exact) mass is 347 g/mol. The molecule has 0 fully saturated rings. The summed E-state index contributed by atoms with van der Waals surface area (Å²) in [6.07, 6.45) is 1.56. The van der Waals surface area contributed by atoms with E-state index < -0.39 is 0 Å². The number of carbonyl (C=O) groups excluding carboxylic acids is 1. The third-order valence-electron chi connectivity index (χ3n) is 3.80. The van der Waals surface area contributed by atoms with Crippen LogP contribution in [0.3, 0.4) is 0 Å². The topological polar surface area (TPSA) is 70.2 Å². The molecule has 132 valence electrons. The fourth-order valence-electron chi connectivity index (χ4n) is 2.44. The first-order valence-corrected chi connectivity index (χ1v) is 8.27. The van der Waals surface area contributed by atoms with E-state index in [0.29, 0.717) is 11.6 Å². The van der Waals surface area contributed by atoms with Crippen molar-refractivity contribution in [1.82, 2.24) is 9.97 Å². The van der Waals surface area contributed by atoms with Crippen LogP contribution in [0.4, 0.5) is 23.0 Å². The maximum Gasteiger partial charge on any atom is 0.274 e. The van der Waals surface area contributed by atoms with E-state index in [0.717, 1.165) is 22.6 Å². The number of anilines is 4. The predicted octanol–water partition coefficient (Wildman–Crippen LogP) is 3.85. The summed E-state index contributed by atoms with van der Waals surface area (Å²) in [7, 11) is 3.98. The molecule has 0 bridgehead atoms. The fourth-order valence-corrected chi connectivity index (χ4v) is 2.44. The Morgan fingerprint density at radius 2 is 1.77 bits per heavy atom. The van der Waals surface area contributed by atoms with Crippen molar-refractivity contribution >= 4 is 28.9 Å². The van der Waals surface area contributed by atoms with E-state index >= 15 is 0 Å².